The van der Waals surface area contributed by atoms with E-state index >= 15 is 0 Å². The van der Waals surface area contributed by atoms with Crippen molar-refractivity contribution in [1.82, 2.24) is 9.80 Å². The van der Waals surface area contributed by atoms with E-state index in [1.165, 1.54) is 0 Å². The Morgan fingerprint density at radius 2 is 2.31 bits per heavy atom. The SMILES string of the molecule is C=CCc1cc(C(=O)N2CC[C@@]34OCCCN3C(=O)C[C@@H]24)ccc1OC. The highest BCUT2D eigenvalue weighted by Crippen LogP contribution is 2.45. The van der Waals surface area contributed by atoms with Crippen LogP contribution in [-0.2, 0) is 16.0 Å². The van der Waals surface area contributed by atoms with Crippen molar-refractivity contribution in [2.45, 2.75) is 37.5 Å². The van der Waals surface area contributed by atoms with Crippen LogP contribution < -0.4 is 4.74 Å². The van der Waals surface area contributed by atoms with Gasteiger partial charge in [0, 0.05) is 25.1 Å². The summed E-state index contributed by atoms with van der Waals surface area (Å²) >= 11 is 0. The average molecular weight is 356 g/mol. The maximum Gasteiger partial charge on any atom is 0.254 e. The summed E-state index contributed by atoms with van der Waals surface area (Å²) in [6.45, 7) is 5.75. The molecular weight excluding hydrogens is 332 g/mol. The van der Waals surface area contributed by atoms with E-state index in [2.05, 4.69) is 6.58 Å². The second kappa shape index (κ2) is 6.43. The molecule has 0 aromatic heterocycles. The lowest BCUT2D eigenvalue weighted by Crippen LogP contribution is -2.56. The molecule has 0 aliphatic carbocycles. The van der Waals surface area contributed by atoms with E-state index in [0.29, 0.717) is 38.0 Å². The molecule has 2 amide bonds. The maximum absolute atomic E-state index is 13.2. The summed E-state index contributed by atoms with van der Waals surface area (Å²) in [6, 6.07) is 5.27. The second-order valence-electron chi connectivity index (χ2n) is 7.08. The Morgan fingerprint density at radius 1 is 1.46 bits per heavy atom. The van der Waals surface area contributed by atoms with Gasteiger partial charge in [-0.05, 0) is 36.6 Å². The van der Waals surface area contributed by atoms with Crippen LogP contribution in [0.15, 0.2) is 30.9 Å². The number of carbonyl (C=O) groups is 2. The van der Waals surface area contributed by atoms with E-state index in [0.717, 1.165) is 24.3 Å². The van der Waals surface area contributed by atoms with Crippen LogP contribution in [0.1, 0.15) is 35.2 Å². The Bertz CT molecular complexity index is 762. The number of amides is 2. The fourth-order valence-corrected chi connectivity index (χ4v) is 4.59. The van der Waals surface area contributed by atoms with Crippen LogP contribution in [0, 0.1) is 0 Å². The number of benzene rings is 1. The van der Waals surface area contributed by atoms with E-state index in [9.17, 15) is 9.59 Å². The Balaban J connectivity index is 1.62. The Morgan fingerprint density at radius 3 is 3.08 bits per heavy atom. The lowest BCUT2D eigenvalue weighted by Gasteiger charge is -2.42. The van der Waals surface area contributed by atoms with Gasteiger partial charge in [0.2, 0.25) is 5.91 Å². The fourth-order valence-electron chi connectivity index (χ4n) is 4.59. The van der Waals surface area contributed by atoms with Crippen LogP contribution in [-0.4, -0.2) is 60.2 Å². The Kier molecular flexibility index (Phi) is 4.23. The number of nitrogens with zero attached hydrogens (tertiary/aromatic N) is 2. The third-order valence-corrected chi connectivity index (χ3v) is 5.76. The lowest BCUT2D eigenvalue weighted by atomic mass is 10.0. The molecule has 3 aliphatic heterocycles. The number of rotatable bonds is 4. The van der Waals surface area contributed by atoms with Crippen LogP contribution in [0.3, 0.4) is 0 Å². The highest BCUT2D eigenvalue weighted by atomic mass is 16.5. The van der Waals surface area contributed by atoms with Crippen molar-refractivity contribution in [3.05, 3.63) is 42.0 Å². The minimum atomic E-state index is -0.610. The predicted octanol–water partition coefficient (Wildman–Crippen LogP) is 1.99. The first kappa shape index (κ1) is 17.1. The largest absolute Gasteiger partial charge is 0.496 e. The van der Waals surface area contributed by atoms with Crippen LogP contribution >= 0.6 is 0 Å². The molecule has 0 radical (unpaired) electrons. The van der Waals surface area contributed by atoms with Gasteiger partial charge in [-0.1, -0.05) is 6.08 Å². The molecule has 0 unspecified atom stereocenters. The molecule has 0 saturated carbocycles. The third kappa shape index (κ3) is 2.43. The third-order valence-electron chi connectivity index (χ3n) is 5.76. The molecule has 6 heteroatoms. The molecule has 3 fully saturated rings. The van der Waals surface area contributed by atoms with Gasteiger partial charge < -0.3 is 19.3 Å². The van der Waals surface area contributed by atoms with Crippen LogP contribution in [0.5, 0.6) is 5.75 Å². The average Bonchev–Trinajstić information content (AvgIpc) is 3.13. The minimum Gasteiger partial charge on any atom is -0.496 e. The summed E-state index contributed by atoms with van der Waals surface area (Å²) in [4.78, 5) is 29.3. The van der Waals surface area contributed by atoms with Gasteiger partial charge in [0.05, 0.1) is 26.2 Å². The number of hydrogen-bond acceptors (Lipinski definition) is 4. The topological polar surface area (TPSA) is 59.1 Å². The van der Waals surface area contributed by atoms with Crippen molar-refractivity contribution in [2.75, 3.05) is 26.8 Å². The van der Waals surface area contributed by atoms with Gasteiger partial charge in [0.25, 0.3) is 5.91 Å². The molecule has 1 spiro atoms. The maximum atomic E-state index is 13.2. The molecule has 138 valence electrons. The van der Waals surface area contributed by atoms with Gasteiger partial charge in [-0.15, -0.1) is 6.58 Å². The van der Waals surface area contributed by atoms with Gasteiger partial charge in [-0.25, -0.2) is 0 Å². The zero-order valence-corrected chi connectivity index (χ0v) is 15.1. The molecule has 3 aliphatic rings. The second-order valence-corrected chi connectivity index (χ2v) is 7.08. The molecule has 1 aromatic carbocycles. The van der Waals surface area contributed by atoms with Crippen molar-refractivity contribution in [2.24, 2.45) is 0 Å². The molecule has 0 N–H and O–H groups in total. The zero-order valence-electron chi connectivity index (χ0n) is 15.1. The Labute approximate surface area is 153 Å². The smallest absolute Gasteiger partial charge is 0.254 e. The van der Waals surface area contributed by atoms with Crippen LogP contribution in [0.4, 0.5) is 0 Å². The first-order valence-electron chi connectivity index (χ1n) is 9.14. The quantitative estimate of drug-likeness (QED) is 0.774. The molecule has 0 bridgehead atoms. The van der Waals surface area contributed by atoms with E-state index < -0.39 is 5.72 Å². The first-order valence-corrected chi connectivity index (χ1v) is 9.14. The van der Waals surface area contributed by atoms with Crippen molar-refractivity contribution in [1.29, 1.82) is 0 Å². The van der Waals surface area contributed by atoms with Gasteiger partial charge in [-0.3, -0.25) is 9.59 Å². The minimum absolute atomic E-state index is 0.0522. The highest BCUT2D eigenvalue weighted by Gasteiger charge is 2.61. The summed E-state index contributed by atoms with van der Waals surface area (Å²) in [7, 11) is 1.62. The van der Waals surface area contributed by atoms with Gasteiger partial charge in [0.1, 0.15) is 5.75 Å². The highest BCUT2D eigenvalue weighted by molar-refractivity contribution is 5.96. The first-order chi connectivity index (χ1) is 12.6. The van der Waals surface area contributed by atoms with Gasteiger partial charge in [0.15, 0.2) is 5.72 Å². The lowest BCUT2D eigenvalue weighted by molar-refractivity contribution is -0.179. The predicted molar refractivity (Wildman–Crippen MR) is 96.0 cm³/mol. The molecule has 4 rings (SSSR count). The molecule has 2 atom stereocenters. The van der Waals surface area contributed by atoms with Gasteiger partial charge >= 0.3 is 0 Å². The number of ether oxygens (including phenoxy) is 2. The number of allylic oxidation sites excluding steroid dienone is 1. The standard InChI is InChI=1S/C20H24N2O4/c1-3-5-14-12-15(6-7-16(14)25-2)19(24)21-10-8-20-17(21)13-18(23)22(20)9-4-11-26-20/h3,6-7,12,17H,1,4-5,8-11,13H2,2H3/t17-,20+/m1/s1. The van der Waals surface area contributed by atoms with Crippen LogP contribution in [0.2, 0.25) is 0 Å². The summed E-state index contributed by atoms with van der Waals surface area (Å²) in [5, 5.41) is 0. The van der Waals surface area contributed by atoms with Crippen molar-refractivity contribution < 1.29 is 19.1 Å². The van der Waals surface area contributed by atoms with Crippen molar-refractivity contribution >= 4 is 11.8 Å². The number of methoxy groups -OCH3 is 1. The number of carbonyl (C=O) groups excluding carboxylic acids is 2. The Hall–Kier alpha value is -2.34. The molecule has 3 heterocycles. The van der Waals surface area contributed by atoms with Crippen molar-refractivity contribution in [3.63, 3.8) is 0 Å². The van der Waals surface area contributed by atoms with Crippen molar-refractivity contribution in [3.8, 4) is 5.75 Å². The summed E-state index contributed by atoms with van der Waals surface area (Å²) in [6.07, 6.45) is 4.32. The van der Waals surface area contributed by atoms with Crippen LogP contribution in [0.25, 0.3) is 0 Å². The fraction of sp³-hybridized carbons (Fsp3) is 0.500. The van der Waals surface area contributed by atoms with E-state index in [1.807, 2.05) is 21.9 Å². The molecule has 6 nitrogen and oxygen atoms in total. The zero-order chi connectivity index (χ0) is 18.3. The normalized spacial score (nSPS) is 27.3. The summed E-state index contributed by atoms with van der Waals surface area (Å²) in [5.41, 5.74) is 0.934. The summed E-state index contributed by atoms with van der Waals surface area (Å²) in [5.74, 6) is 0.787. The molecular formula is C20H24N2O4. The van der Waals surface area contributed by atoms with Gasteiger partial charge in [-0.2, -0.15) is 0 Å². The number of hydrogen-bond donors (Lipinski definition) is 0. The number of likely N-dealkylation sites (tertiary alicyclic amines) is 1. The monoisotopic (exact) mass is 356 g/mol. The van der Waals surface area contributed by atoms with E-state index in [1.54, 1.807) is 19.3 Å². The van der Waals surface area contributed by atoms with E-state index in [-0.39, 0.29) is 17.9 Å². The van der Waals surface area contributed by atoms with E-state index in [4.69, 9.17) is 9.47 Å². The molecule has 3 saturated heterocycles. The summed E-state index contributed by atoms with van der Waals surface area (Å²) < 4.78 is 11.4. The molecule has 1 aromatic rings. The molecule has 26 heavy (non-hydrogen) atoms.